The van der Waals surface area contributed by atoms with E-state index < -0.39 is 5.60 Å². The molecule has 1 aliphatic carbocycles. The minimum absolute atomic E-state index is 0.0616. The van der Waals surface area contributed by atoms with Gasteiger partial charge >= 0.3 is 0 Å². The molecule has 3 aromatic heterocycles. The van der Waals surface area contributed by atoms with Gasteiger partial charge in [-0.2, -0.15) is 0 Å². The third kappa shape index (κ3) is 2.84. The Labute approximate surface area is 174 Å². The zero-order valence-corrected chi connectivity index (χ0v) is 17.0. The highest BCUT2D eigenvalue weighted by Crippen LogP contribution is 2.40. The van der Waals surface area contributed by atoms with E-state index in [1.165, 1.54) is 5.56 Å². The number of fused-ring (bicyclic) bond motifs is 3. The van der Waals surface area contributed by atoms with Gasteiger partial charge in [-0.15, -0.1) is 0 Å². The molecule has 3 aromatic rings. The minimum Gasteiger partial charge on any atom is -0.378 e. The quantitative estimate of drug-likeness (QED) is 0.725. The summed E-state index contributed by atoms with van der Waals surface area (Å²) in [6.45, 7) is 1.98. The fraction of sp³-hybridized carbons (Fsp3) is 0.435. The molecule has 1 unspecified atom stereocenters. The van der Waals surface area contributed by atoms with E-state index in [2.05, 4.69) is 33.2 Å². The topological polar surface area (TPSA) is 78.3 Å². The zero-order chi connectivity index (χ0) is 20.3. The van der Waals surface area contributed by atoms with Gasteiger partial charge in [0.1, 0.15) is 11.4 Å². The molecule has 5 heterocycles. The summed E-state index contributed by atoms with van der Waals surface area (Å²) in [5.74, 6) is 0.797. The van der Waals surface area contributed by atoms with Crippen LogP contribution >= 0.6 is 0 Å². The molecule has 1 amide bonds. The van der Waals surface area contributed by atoms with Gasteiger partial charge in [-0.25, -0.2) is 9.97 Å². The fourth-order valence-corrected chi connectivity index (χ4v) is 4.63. The summed E-state index contributed by atoms with van der Waals surface area (Å²) < 4.78 is 13.9. The Kier molecular flexibility index (Phi) is 3.98. The van der Waals surface area contributed by atoms with Crippen molar-refractivity contribution in [2.24, 2.45) is 13.0 Å². The van der Waals surface area contributed by atoms with Crippen LogP contribution in [-0.4, -0.2) is 40.3 Å². The lowest BCUT2D eigenvalue weighted by molar-refractivity contribution is -0.117. The minimum atomic E-state index is -0.418. The van der Waals surface area contributed by atoms with Crippen LogP contribution in [0.5, 0.6) is 0 Å². The van der Waals surface area contributed by atoms with Crippen LogP contribution < -0.4 is 5.32 Å². The molecule has 1 atom stereocenters. The second kappa shape index (κ2) is 6.62. The molecule has 1 N–H and O–H groups in total. The summed E-state index contributed by atoms with van der Waals surface area (Å²) in [5, 5.41) is 3.98. The molecule has 6 rings (SSSR count). The summed E-state index contributed by atoms with van der Waals surface area (Å²) >= 11 is 0. The lowest BCUT2D eigenvalue weighted by Gasteiger charge is -2.33. The largest absolute Gasteiger partial charge is 0.378 e. The van der Waals surface area contributed by atoms with E-state index in [0.717, 1.165) is 53.5 Å². The maximum Gasteiger partial charge on any atom is 0.228 e. The monoisotopic (exact) mass is 404 g/mol. The van der Waals surface area contributed by atoms with Crippen molar-refractivity contribution in [2.45, 2.75) is 31.3 Å². The first kappa shape index (κ1) is 18.0. The predicted molar refractivity (Wildman–Crippen MR) is 112 cm³/mol. The maximum absolute atomic E-state index is 12.2. The third-order valence-electron chi connectivity index (χ3n) is 6.50. The number of hydrogen-bond donors (Lipinski definition) is 1. The summed E-state index contributed by atoms with van der Waals surface area (Å²) in [5.41, 5.74) is 4.77. The lowest BCUT2D eigenvalue weighted by Crippen LogP contribution is -2.37. The molecule has 7 nitrogen and oxygen atoms in total. The third-order valence-corrected chi connectivity index (χ3v) is 6.50. The smallest absolute Gasteiger partial charge is 0.228 e. The highest BCUT2D eigenvalue weighted by atomic mass is 16.6. The number of nitrogens with one attached hydrogen (secondary N) is 1. The van der Waals surface area contributed by atoms with Crippen LogP contribution in [0.15, 0.2) is 30.6 Å². The van der Waals surface area contributed by atoms with Crippen molar-refractivity contribution in [2.75, 3.05) is 25.1 Å². The van der Waals surface area contributed by atoms with Crippen molar-refractivity contribution in [3.63, 3.8) is 0 Å². The van der Waals surface area contributed by atoms with E-state index >= 15 is 0 Å². The van der Waals surface area contributed by atoms with Gasteiger partial charge in [-0.3, -0.25) is 4.79 Å². The molecular formula is C23H24N4O3. The molecule has 0 aromatic carbocycles. The van der Waals surface area contributed by atoms with Crippen LogP contribution in [0, 0.1) is 5.92 Å². The first-order valence-corrected chi connectivity index (χ1v) is 10.6. The summed E-state index contributed by atoms with van der Waals surface area (Å²) in [7, 11) is 2.00. The maximum atomic E-state index is 12.2. The van der Waals surface area contributed by atoms with Crippen molar-refractivity contribution in [1.82, 2.24) is 14.5 Å². The van der Waals surface area contributed by atoms with E-state index in [4.69, 9.17) is 14.5 Å². The lowest BCUT2D eigenvalue weighted by atomic mass is 9.89. The Morgan fingerprint density at radius 1 is 1.30 bits per heavy atom. The molecule has 3 aliphatic rings. The van der Waals surface area contributed by atoms with Crippen LogP contribution in [0.3, 0.4) is 0 Å². The standard InChI is InChI=1S/C23H24N4O3/c1-27-12-17(16-10-20(24-11-19(16)27)26-22(28)15-2-3-15)18-5-4-14-6-8-30-23(21(14)25-18)7-9-29-13-23/h4-5,10-12,15H,2-3,6-9,13H2,1H3,(H,24,26,28). The Hall–Kier alpha value is -2.77. The van der Waals surface area contributed by atoms with E-state index in [0.29, 0.717) is 25.6 Å². The van der Waals surface area contributed by atoms with Crippen LogP contribution in [0.25, 0.3) is 22.2 Å². The number of amides is 1. The first-order valence-electron chi connectivity index (χ1n) is 10.6. The Balaban J connectivity index is 1.44. The molecule has 2 fully saturated rings. The number of pyridine rings is 2. The van der Waals surface area contributed by atoms with E-state index in [1.54, 1.807) is 0 Å². The van der Waals surface area contributed by atoms with Gasteiger partial charge in [0.15, 0.2) is 0 Å². The van der Waals surface area contributed by atoms with Gasteiger partial charge in [0.05, 0.1) is 36.3 Å². The second-order valence-electron chi connectivity index (χ2n) is 8.60. The number of hydrogen-bond acceptors (Lipinski definition) is 5. The highest BCUT2D eigenvalue weighted by molar-refractivity contribution is 5.99. The number of carbonyl (C=O) groups is 1. The molecule has 30 heavy (non-hydrogen) atoms. The molecule has 0 bridgehead atoms. The van der Waals surface area contributed by atoms with Gasteiger partial charge < -0.3 is 19.4 Å². The van der Waals surface area contributed by atoms with Crippen LogP contribution in [-0.2, 0) is 33.3 Å². The van der Waals surface area contributed by atoms with Crippen molar-refractivity contribution in [3.8, 4) is 11.3 Å². The number of carbonyl (C=O) groups excluding carboxylic acids is 1. The number of aromatic nitrogens is 3. The van der Waals surface area contributed by atoms with Crippen molar-refractivity contribution >= 4 is 22.6 Å². The molecule has 1 saturated carbocycles. The number of anilines is 1. The number of aryl methyl sites for hydroxylation is 1. The average Bonchev–Trinajstić information content (AvgIpc) is 3.43. The molecule has 154 valence electrons. The first-order chi connectivity index (χ1) is 14.6. The molecule has 1 spiro atoms. The van der Waals surface area contributed by atoms with Gasteiger partial charge in [0.2, 0.25) is 5.91 Å². The van der Waals surface area contributed by atoms with Crippen LogP contribution in [0.4, 0.5) is 5.82 Å². The normalized spacial score (nSPS) is 23.1. The van der Waals surface area contributed by atoms with E-state index in [1.807, 2.05) is 19.3 Å². The molecule has 0 radical (unpaired) electrons. The second-order valence-corrected chi connectivity index (χ2v) is 8.60. The summed E-state index contributed by atoms with van der Waals surface area (Å²) in [6.07, 6.45) is 7.55. The Morgan fingerprint density at radius 2 is 2.20 bits per heavy atom. The molecule has 7 heteroatoms. The summed E-state index contributed by atoms with van der Waals surface area (Å²) in [6, 6.07) is 6.22. The van der Waals surface area contributed by atoms with Crippen molar-refractivity contribution < 1.29 is 14.3 Å². The average molecular weight is 404 g/mol. The van der Waals surface area contributed by atoms with Gasteiger partial charge in [0.25, 0.3) is 0 Å². The fourth-order valence-electron chi connectivity index (χ4n) is 4.63. The van der Waals surface area contributed by atoms with Gasteiger partial charge in [-0.05, 0) is 37.0 Å². The van der Waals surface area contributed by atoms with Crippen LogP contribution in [0.1, 0.15) is 30.5 Å². The molecular weight excluding hydrogens is 380 g/mol. The number of nitrogens with zero attached hydrogens (tertiary/aromatic N) is 3. The zero-order valence-electron chi connectivity index (χ0n) is 17.0. The Morgan fingerprint density at radius 3 is 3.00 bits per heavy atom. The Bertz CT molecular complexity index is 1160. The van der Waals surface area contributed by atoms with Gasteiger partial charge in [-0.1, -0.05) is 6.07 Å². The molecule has 1 saturated heterocycles. The predicted octanol–water partition coefficient (Wildman–Crippen LogP) is 3.17. The number of rotatable bonds is 3. The van der Waals surface area contributed by atoms with Crippen molar-refractivity contribution in [1.29, 1.82) is 0 Å². The van der Waals surface area contributed by atoms with E-state index in [-0.39, 0.29) is 11.8 Å². The van der Waals surface area contributed by atoms with E-state index in [9.17, 15) is 4.79 Å². The van der Waals surface area contributed by atoms with Crippen LogP contribution in [0.2, 0.25) is 0 Å². The number of ether oxygens (including phenoxy) is 2. The SMILES string of the molecule is Cn1cc(-c2ccc3c(n2)C2(CCOC2)OCC3)c2cc(NC(=O)C3CC3)ncc21. The molecule has 2 aliphatic heterocycles. The van der Waals surface area contributed by atoms with Crippen molar-refractivity contribution in [3.05, 3.63) is 41.9 Å². The highest BCUT2D eigenvalue weighted by Gasteiger charge is 2.43. The summed E-state index contributed by atoms with van der Waals surface area (Å²) in [4.78, 5) is 21.7. The van der Waals surface area contributed by atoms with Gasteiger partial charge in [0, 0.05) is 43.1 Å².